The van der Waals surface area contributed by atoms with Crippen LogP contribution in [0.25, 0.3) is 11.4 Å². The minimum Gasteiger partial charge on any atom is -0.344 e. The van der Waals surface area contributed by atoms with Gasteiger partial charge in [0.05, 0.1) is 11.3 Å². The normalized spacial score (nSPS) is 11.8. The zero-order valence-corrected chi connectivity index (χ0v) is 14.3. The first-order valence-corrected chi connectivity index (χ1v) is 8.05. The number of carbonyl (C=O) groups is 1. The van der Waals surface area contributed by atoms with Gasteiger partial charge in [0.1, 0.15) is 11.9 Å². The van der Waals surface area contributed by atoms with Crippen molar-refractivity contribution in [2.45, 2.75) is 19.4 Å². The summed E-state index contributed by atoms with van der Waals surface area (Å²) in [5, 5.41) is 17.5. The van der Waals surface area contributed by atoms with Gasteiger partial charge in [-0.25, -0.2) is 4.39 Å². The van der Waals surface area contributed by atoms with Crippen LogP contribution in [0.2, 0.25) is 0 Å². The van der Waals surface area contributed by atoms with Crippen molar-refractivity contribution in [2.75, 3.05) is 0 Å². The molecule has 2 aromatic carbocycles. The molecule has 8 nitrogen and oxygen atoms in total. The number of amides is 1. The van der Waals surface area contributed by atoms with E-state index in [0.717, 1.165) is 0 Å². The van der Waals surface area contributed by atoms with Crippen LogP contribution in [0.15, 0.2) is 53.1 Å². The second kappa shape index (κ2) is 7.73. The number of benzene rings is 2. The first-order valence-electron chi connectivity index (χ1n) is 8.05. The predicted molar refractivity (Wildman–Crippen MR) is 93.1 cm³/mol. The van der Waals surface area contributed by atoms with Gasteiger partial charge in [0.2, 0.25) is 17.6 Å². The number of para-hydroxylation sites is 1. The lowest BCUT2D eigenvalue weighted by molar-refractivity contribution is -0.385. The summed E-state index contributed by atoms with van der Waals surface area (Å²) in [4.78, 5) is 26.9. The predicted octanol–water partition coefficient (Wildman–Crippen LogP) is 3.20. The highest BCUT2D eigenvalue weighted by Gasteiger charge is 2.20. The molecule has 0 aliphatic carbocycles. The van der Waals surface area contributed by atoms with Crippen molar-refractivity contribution >= 4 is 11.6 Å². The van der Waals surface area contributed by atoms with Crippen LogP contribution < -0.4 is 5.32 Å². The second-order valence-electron chi connectivity index (χ2n) is 5.82. The number of hydrogen-bond donors (Lipinski definition) is 1. The highest BCUT2D eigenvalue weighted by molar-refractivity contribution is 5.80. The summed E-state index contributed by atoms with van der Waals surface area (Å²) in [6.07, 6.45) is -0.160. The van der Waals surface area contributed by atoms with Crippen LogP contribution in [0.3, 0.4) is 0 Å². The van der Waals surface area contributed by atoms with Crippen molar-refractivity contribution in [2.24, 2.45) is 0 Å². The van der Waals surface area contributed by atoms with E-state index in [0.29, 0.717) is 11.1 Å². The van der Waals surface area contributed by atoms with Crippen molar-refractivity contribution in [3.63, 3.8) is 0 Å². The third-order valence-corrected chi connectivity index (χ3v) is 3.81. The smallest absolute Gasteiger partial charge is 0.273 e. The molecule has 1 atom stereocenters. The highest BCUT2D eigenvalue weighted by Crippen LogP contribution is 2.21. The Bertz CT molecular complexity index is 989. The quantitative estimate of drug-likeness (QED) is 0.527. The van der Waals surface area contributed by atoms with Gasteiger partial charge < -0.3 is 9.84 Å². The van der Waals surface area contributed by atoms with Crippen molar-refractivity contribution < 1.29 is 18.6 Å². The van der Waals surface area contributed by atoms with Crippen LogP contribution in [0.1, 0.15) is 24.4 Å². The van der Waals surface area contributed by atoms with E-state index in [1.807, 2.05) is 0 Å². The lowest BCUT2D eigenvalue weighted by Crippen LogP contribution is -2.28. The standard InChI is InChI=1S/C18H15FN4O4/c1-11(18-21-17(22-27-18)13-6-4-7-14(19)9-13)20-16(24)10-12-5-2-3-8-15(12)23(25)26/h2-9,11H,10H2,1H3,(H,20,24)/t11-/m1/s1. The number of halogens is 1. The maximum Gasteiger partial charge on any atom is 0.273 e. The summed E-state index contributed by atoms with van der Waals surface area (Å²) in [6, 6.07) is 11.1. The summed E-state index contributed by atoms with van der Waals surface area (Å²) in [7, 11) is 0. The van der Waals surface area contributed by atoms with E-state index >= 15 is 0 Å². The minimum atomic E-state index is -0.616. The van der Waals surface area contributed by atoms with E-state index in [9.17, 15) is 19.3 Å². The van der Waals surface area contributed by atoms with E-state index in [1.165, 1.54) is 36.4 Å². The molecule has 0 bridgehead atoms. The number of nitrogens with zero attached hydrogens (tertiary/aromatic N) is 3. The van der Waals surface area contributed by atoms with Crippen LogP contribution in [-0.2, 0) is 11.2 Å². The molecular weight excluding hydrogens is 355 g/mol. The molecular formula is C18H15FN4O4. The SMILES string of the molecule is C[C@@H](NC(=O)Cc1ccccc1[N+](=O)[O-])c1nc(-c2cccc(F)c2)no1. The molecule has 138 valence electrons. The Hall–Kier alpha value is -3.62. The highest BCUT2D eigenvalue weighted by atomic mass is 19.1. The molecule has 0 saturated carbocycles. The van der Waals surface area contributed by atoms with Crippen molar-refractivity contribution in [1.29, 1.82) is 0 Å². The fraction of sp³-hybridized carbons (Fsp3) is 0.167. The molecule has 0 aliphatic rings. The van der Waals surface area contributed by atoms with E-state index in [2.05, 4.69) is 15.5 Å². The summed E-state index contributed by atoms with van der Waals surface area (Å²) >= 11 is 0. The molecule has 27 heavy (non-hydrogen) atoms. The Kier molecular flexibility index (Phi) is 5.20. The lowest BCUT2D eigenvalue weighted by atomic mass is 10.1. The maximum atomic E-state index is 13.3. The Labute approximate surface area is 153 Å². The average Bonchev–Trinajstić information content (AvgIpc) is 3.12. The number of rotatable bonds is 6. The molecule has 0 spiro atoms. The summed E-state index contributed by atoms with van der Waals surface area (Å²) < 4.78 is 18.4. The van der Waals surface area contributed by atoms with Crippen LogP contribution in [0, 0.1) is 15.9 Å². The summed E-state index contributed by atoms with van der Waals surface area (Å²) in [6.45, 7) is 1.64. The third kappa shape index (κ3) is 4.32. The van der Waals surface area contributed by atoms with Crippen LogP contribution in [0.5, 0.6) is 0 Å². The number of nitro groups is 1. The van der Waals surface area contributed by atoms with Gasteiger partial charge in [-0.15, -0.1) is 0 Å². The fourth-order valence-corrected chi connectivity index (χ4v) is 2.52. The molecule has 0 fully saturated rings. The van der Waals surface area contributed by atoms with Gasteiger partial charge in [0.25, 0.3) is 5.69 Å². The molecule has 1 amide bonds. The van der Waals surface area contributed by atoms with Gasteiger partial charge in [-0.2, -0.15) is 4.98 Å². The van der Waals surface area contributed by atoms with E-state index in [-0.39, 0.29) is 23.8 Å². The van der Waals surface area contributed by atoms with Gasteiger partial charge >= 0.3 is 0 Å². The zero-order valence-electron chi connectivity index (χ0n) is 14.3. The molecule has 1 heterocycles. The maximum absolute atomic E-state index is 13.3. The Balaban J connectivity index is 1.68. The van der Waals surface area contributed by atoms with Gasteiger partial charge in [0, 0.05) is 17.2 Å². The summed E-state index contributed by atoms with van der Waals surface area (Å²) in [5.41, 5.74) is 0.632. The number of hydrogen-bond acceptors (Lipinski definition) is 6. The lowest BCUT2D eigenvalue weighted by Gasteiger charge is -2.09. The molecule has 9 heteroatoms. The molecule has 0 aliphatic heterocycles. The first kappa shape index (κ1) is 18.2. The number of nitro benzene ring substituents is 1. The van der Waals surface area contributed by atoms with Gasteiger partial charge in [0.15, 0.2) is 0 Å². The van der Waals surface area contributed by atoms with E-state index in [4.69, 9.17) is 4.52 Å². The zero-order chi connectivity index (χ0) is 19.4. The minimum absolute atomic E-state index is 0.119. The van der Waals surface area contributed by atoms with Gasteiger partial charge in [-0.3, -0.25) is 14.9 Å². The van der Waals surface area contributed by atoms with Crippen LogP contribution in [0.4, 0.5) is 10.1 Å². The van der Waals surface area contributed by atoms with E-state index < -0.39 is 22.7 Å². The Morgan fingerprint density at radius 2 is 2.07 bits per heavy atom. The molecule has 0 unspecified atom stereocenters. The molecule has 0 radical (unpaired) electrons. The van der Waals surface area contributed by atoms with Crippen LogP contribution >= 0.6 is 0 Å². The van der Waals surface area contributed by atoms with Crippen molar-refractivity contribution in [3.8, 4) is 11.4 Å². The third-order valence-electron chi connectivity index (χ3n) is 3.81. The fourth-order valence-electron chi connectivity index (χ4n) is 2.52. The van der Waals surface area contributed by atoms with Gasteiger partial charge in [-0.05, 0) is 19.1 Å². The summed E-state index contributed by atoms with van der Waals surface area (Å²) in [5.74, 6) is -0.513. The Morgan fingerprint density at radius 3 is 2.81 bits per heavy atom. The molecule has 0 saturated heterocycles. The molecule has 3 aromatic rings. The number of aromatic nitrogens is 2. The Morgan fingerprint density at radius 1 is 1.30 bits per heavy atom. The van der Waals surface area contributed by atoms with Crippen LogP contribution in [-0.4, -0.2) is 21.0 Å². The molecule has 1 aromatic heterocycles. The number of nitrogens with one attached hydrogen (secondary N) is 1. The topological polar surface area (TPSA) is 111 Å². The monoisotopic (exact) mass is 370 g/mol. The average molecular weight is 370 g/mol. The second-order valence-corrected chi connectivity index (χ2v) is 5.82. The molecule has 3 rings (SSSR count). The van der Waals surface area contributed by atoms with Gasteiger partial charge in [-0.1, -0.05) is 35.5 Å². The van der Waals surface area contributed by atoms with Crippen molar-refractivity contribution in [1.82, 2.24) is 15.5 Å². The largest absolute Gasteiger partial charge is 0.344 e. The first-order chi connectivity index (χ1) is 12.9. The van der Waals surface area contributed by atoms with E-state index in [1.54, 1.807) is 19.1 Å². The molecule has 1 N–H and O–H groups in total. The number of carbonyl (C=O) groups excluding carboxylic acids is 1. The van der Waals surface area contributed by atoms with Crippen molar-refractivity contribution in [3.05, 3.63) is 75.9 Å².